The van der Waals surface area contributed by atoms with Crippen molar-refractivity contribution in [3.8, 4) is 0 Å². The van der Waals surface area contributed by atoms with Crippen LogP contribution in [-0.2, 0) is 23.9 Å². The Hall–Kier alpha value is -2.43. The van der Waals surface area contributed by atoms with E-state index in [4.69, 9.17) is 4.74 Å². The molecule has 0 aliphatic rings. The van der Waals surface area contributed by atoms with E-state index in [0.717, 1.165) is 12.2 Å². The van der Waals surface area contributed by atoms with Crippen molar-refractivity contribution in [1.82, 2.24) is 0 Å². The molecule has 5 heteroatoms. The Kier molecular flexibility index (Phi) is 7.52. The summed E-state index contributed by atoms with van der Waals surface area (Å²) >= 11 is 0. The van der Waals surface area contributed by atoms with Crippen LogP contribution in [0.2, 0.25) is 0 Å². The quantitative estimate of drug-likeness (QED) is 0.279. The Morgan fingerprint density at radius 2 is 1.78 bits per heavy atom. The maximum atomic E-state index is 11.6. The number of aldehydes is 1. The minimum absolute atomic E-state index is 0.156. The topological polar surface area (TPSA) is 69.7 Å². The molecule has 0 aliphatic carbocycles. The fourth-order valence-electron chi connectivity index (χ4n) is 0.912. The first kappa shape index (κ1) is 15.6. The van der Waals surface area contributed by atoms with Crippen molar-refractivity contribution in [2.24, 2.45) is 0 Å². The van der Waals surface area contributed by atoms with Crippen LogP contribution in [0.5, 0.6) is 0 Å². The van der Waals surface area contributed by atoms with Crippen LogP contribution < -0.4 is 0 Å². The predicted octanol–water partition coefficient (Wildman–Crippen LogP) is 1.13. The highest BCUT2D eigenvalue weighted by Crippen LogP contribution is 2.03. The molecule has 0 radical (unpaired) electrons. The standard InChI is InChI=1S/C13H14O5/c1-4-5-6-10(15)7-13(18-3)12(16)8-11(9-14)17-2/h4-9H,1H2,2-3H3. The van der Waals surface area contributed by atoms with E-state index in [2.05, 4.69) is 11.3 Å². The van der Waals surface area contributed by atoms with E-state index in [9.17, 15) is 14.4 Å². The van der Waals surface area contributed by atoms with Gasteiger partial charge in [0.25, 0.3) is 0 Å². The molecule has 0 aliphatic heterocycles. The number of allylic oxidation sites excluding steroid dienone is 6. The molecule has 0 heterocycles. The van der Waals surface area contributed by atoms with E-state index >= 15 is 0 Å². The van der Waals surface area contributed by atoms with Gasteiger partial charge < -0.3 is 9.47 Å². The summed E-state index contributed by atoms with van der Waals surface area (Å²) in [4.78, 5) is 33.4. The Morgan fingerprint density at radius 1 is 1.11 bits per heavy atom. The molecule has 0 amide bonds. The summed E-state index contributed by atoms with van der Waals surface area (Å²) in [7, 11) is 2.50. The fraction of sp³-hybridized carbons (Fsp3) is 0.154. The van der Waals surface area contributed by atoms with Crippen LogP contribution in [0.15, 0.2) is 48.5 Å². The third kappa shape index (κ3) is 5.60. The predicted molar refractivity (Wildman–Crippen MR) is 65.6 cm³/mol. The molecule has 0 aromatic carbocycles. The van der Waals surface area contributed by atoms with Crippen LogP contribution in [0.25, 0.3) is 0 Å². The van der Waals surface area contributed by atoms with Crippen LogP contribution in [0, 0.1) is 0 Å². The average molecular weight is 250 g/mol. The van der Waals surface area contributed by atoms with Crippen LogP contribution in [0.4, 0.5) is 0 Å². The van der Waals surface area contributed by atoms with Crippen molar-refractivity contribution in [1.29, 1.82) is 0 Å². The number of methoxy groups -OCH3 is 2. The zero-order valence-corrected chi connectivity index (χ0v) is 10.2. The molecule has 0 aromatic rings. The molecule has 0 bridgehead atoms. The molecule has 0 spiro atoms. The number of ether oxygens (including phenoxy) is 2. The van der Waals surface area contributed by atoms with Gasteiger partial charge in [0.15, 0.2) is 23.6 Å². The van der Waals surface area contributed by atoms with E-state index in [-0.39, 0.29) is 11.5 Å². The zero-order valence-electron chi connectivity index (χ0n) is 10.2. The third-order valence-corrected chi connectivity index (χ3v) is 1.76. The molecule has 0 fully saturated rings. The average Bonchev–Trinajstić information content (AvgIpc) is 2.39. The van der Waals surface area contributed by atoms with Gasteiger partial charge in [-0.3, -0.25) is 14.4 Å². The van der Waals surface area contributed by atoms with Crippen molar-refractivity contribution in [3.63, 3.8) is 0 Å². The van der Waals surface area contributed by atoms with Gasteiger partial charge in [0.2, 0.25) is 5.78 Å². The van der Waals surface area contributed by atoms with Gasteiger partial charge in [0.05, 0.1) is 14.2 Å². The summed E-state index contributed by atoms with van der Waals surface area (Å²) < 4.78 is 9.38. The van der Waals surface area contributed by atoms with Gasteiger partial charge in [0.1, 0.15) is 0 Å². The summed E-state index contributed by atoms with van der Waals surface area (Å²) in [6, 6.07) is 0. The number of carbonyl (C=O) groups is 3. The Morgan fingerprint density at radius 3 is 2.22 bits per heavy atom. The summed E-state index contributed by atoms with van der Waals surface area (Å²) in [6.45, 7) is 3.41. The second-order valence-corrected chi connectivity index (χ2v) is 2.94. The van der Waals surface area contributed by atoms with Crippen LogP contribution in [0.3, 0.4) is 0 Å². The van der Waals surface area contributed by atoms with Gasteiger partial charge in [-0.25, -0.2) is 0 Å². The van der Waals surface area contributed by atoms with Gasteiger partial charge in [0, 0.05) is 12.2 Å². The molecule has 0 aromatic heterocycles. The van der Waals surface area contributed by atoms with Gasteiger partial charge in [-0.05, 0) is 6.08 Å². The van der Waals surface area contributed by atoms with E-state index in [1.165, 1.54) is 32.4 Å². The smallest absolute Gasteiger partial charge is 0.224 e. The first-order chi connectivity index (χ1) is 8.58. The van der Waals surface area contributed by atoms with Gasteiger partial charge >= 0.3 is 0 Å². The van der Waals surface area contributed by atoms with Crippen molar-refractivity contribution in [2.75, 3.05) is 14.2 Å². The summed E-state index contributed by atoms with van der Waals surface area (Å²) in [6.07, 6.45) is 6.40. The molecule has 0 N–H and O–H groups in total. The minimum Gasteiger partial charge on any atom is -0.493 e. The van der Waals surface area contributed by atoms with Crippen molar-refractivity contribution in [3.05, 3.63) is 48.5 Å². The second kappa shape index (κ2) is 8.69. The monoisotopic (exact) mass is 250 g/mol. The normalized spacial score (nSPS) is 12.1. The van der Waals surface area contributed by atoms with E-state index in [1.807, 2.05) is 0 Å². The Bertz CT molecular complexity index is 427. The lowest BCUT2D eigenvalue weighted by Gasteiger charge is -2.01. The molecule has 0 saturated heterocycles. The molecule has 0 rings (SSSR count). The number of carbonyl (C=O) groups excluding carboxylic acids is 3. The molecular weight excluding hydrogens is 236 g/mol. The number of ketones is 2. The SMILES string of the molecule is C=CC=CC(=O)C=C(OC)C(=O)C=C(C=O)OC. The minimum atomic E-state index is -0.637. The molecule has 96 valence electrons. The molecule has 0 atom stereocenters. The van der Waals surface area contributed by atoms with Gasteiger partial charge in [-0.1, -0.05) is 18.7 Å². The molecule has 0 unspecified atom stereocenters. The molecule has 0 saturated carbocycles. The van der Waals surface area contributed by atoms with E-state index in [1.54, 1.807) is 0 Å². The van der Waals surface area contributed by atoms with Crippen molar-refractivity contribution >= 4 is 17.9 Å². The second-order valence-electron chi connectivity index (χ2n) is 2.94. The first-order valence-corrected chi connectivity index (χ1v) is 4.93. The highest BCUT2D eigenvalue weighted by molar-refractivity contribution is 6.10. The van der Waals surface area contributed by atoms with Gasteiger partial charge in [-0.2, -0.15) is 0 Å². The van der Waals surface area contributed by atoms with E-state index in [0.29, 0.717) is 6.29 Å². The summed E-state index contributed by atoms with van der Waals surface area (Å²) in [5.41, 5.74) is 0. The number of hydrogen-bond donors (Lipinski definition) is 0. The fourth-order valence-corrected chi connectivity index (χ4v) is 0.912. The van der Waals surface area contributed by atoms with Crippen LogP contribution in [-0.4, -0.2) is 32.1 Å². The van der Waals surface area contributed by atoms with Gasteiger partial charge in [-0.15, -0.1) is 0 Å². The summed E-state index contributed by atoms with van der Waals surface area (Å²) in [5.74, 6) is -1.41. The first-order valence-electron chi connectivity index (χ1n) is 4.93. The number of rotatable bonds is 8. The van der Waals surface area contributed by atoms with E-state index < -0.39 is 11.6 Å². The lowest BCUT2D eigenvalue weighted by Crippen LogP contribution is -2.06. The van der Waals surface area contributed by atoms with Crippen LogP contribution in [0.1, 0.15) is 0 Å². The molecule has 18 heavy (non-hydrogen) atoms. The third-order valence-electron chi connectivity index (χ3n) is 1.76. The maximum absolute atomic E-state index is 11.6. The largest absolute Gasteiger partial charge is 0.493 e. The maximum Gasteiger partial charge on any atom is 0.224 e. The highest BCUT2D eigenvalue weighted by atomic mass is 16.5. The van der Waals surface area contributed by atoms with Crippen molar-refractivity contribution in [2.45, 2.75) is 0 Å². The summed E-state index contributed by atoms with van der Waals surface area (Å²) in [5, 5.41) is 0. The lowest BCUT2D eigenvalue weighted by molar-refractivity contribution is -0.116. The Labute approximate surface area is 105 Å². The van der Waals surface area contributed by atoms with Crippen molar-refractivity contribution < 1.29 is 23.9 Å². The zero-order chi connectivity index (χ0) is 14.0. The highest BCUT2D eigenvalue weighted by Gasteiger charge is 2.10. The lowest BCUT2D eigenvalue weighted by atomic mass is 10.2. The molecular formula is C13H14O5. The molecule has 5 nitrogen and oxygen atoms in total. The number of hydrogen-bond acceptors (Lipinski definition) is 5. The Balaban J connectivity index is 5.03. The van der Waals surface area contributed by atoms with Crippen LogP contribution >= 0.6 is 0 Å².